The van der Waals surface area contributed by atoms with Crippen LogP contribution in [0.5, 0.6) is 0 Å². The van der Waals surface area contributed by atoms with Gasteiger partial charge in [-0.15, -0.1) is 0 Å². The smallest absolute Gasteiger partial charge is 0.309 e. The highest BCUT2D eigenvalue weighted by atomic mass is 16.4. The van der Waals surface area contributed by atoms with E-state index in [-0.39, 0.29) is 52.2 Å². The number of carboxylic acid groups (broad SMARTS) is 1. The number of carboxylic acids is 1. The molecule has 5 nitrogen and oxygen atoms in total. The Balaban J connectivity index is 1.45. The van der Waals surface area contributed by atoms with Crippen LogP contribution < -0.4 is 0 Å². The van der Waals surface area contributed by atoms with Crippen molar-refractivity contribution in [2.24, 2.45) is 51.8 Å². The highest BCUT2D eigenvalue weighted by molar-refractivity contribution is 6.06. The van der Waals surface area contributed by atoms with Gasteiger partial charge in [-0.1, -0.05) is 69.2 Å². The third-order valence-electron chi connectivity index (χ3n) is 11.4. The van der Waals surface area contributed by atoms with Gasteiger partial charge in [-0.3, -0.25) is 19.3 Å². The monoisotopic (exact) mass is 489 g/mol. The summed E-state index contributed by atoms with van der Waals surface area (Å²) in [6, 6.07) is 9.82. The number of imide groups is 1. The standard InChI is InChI=1S/C31H39NO4/c1-18(2)21-16-31-14-11-22-29(3,12-8-13-30(22,4)28(35)36)23(31)15-20(21)24-25(31)27(34)32(26(24)33)17-19-9-6-5-7-10-19/h5-7,9-10,16,18,20,22-25H,8,11-15,17H2,1-4H3,(H,35,36)/t20-,22-,23-,24+,25+,29-,30+,31+/m0/s1. The third kappa shape index (κ3) is 2.92. The lowest BCUT2D eigenvalue weighted by atomic mass is 9.34. The minimum absolute atomic E-state index is 0.00136. The SMILES string of the molecule is CC(C)C1=C[C@]23CC[C@H]4[C@](C)(CCC[C@@]4(C)C(=O)O)[C@@H]2C[C@@H]1[C@H]1C(=O)N(Cc2ccccc2)C(=O)[C@@H]13. The first-order chi connectivity index (χ1) is 17.0. The van der Waals surface area contributed by atoms with Crippen LogP contribution in [0.2, 0.25) is 0 Å². The van der Waals surface area contributed by atoms with Gasteiger partial charge in [0.05, 0.1) is 23.8 Å². The molecule has 5 aliphatic carbocycles. The quantitative estimate of drug-likeness (QED) is 0.435. The lowest BCUT2D eigenvalue weighted by Gasteiger charge is -2.68. The van der Waals surface area contributed by atoms with E-state index in [1.54, 1.807) is 4.90 Å². The molecule has 36 heavy (non-hydrogen) atoms. The summed E-state index contributed by atoms with van der Waals surface area (Å²) < 4.78 is 0. The lowest BCUT2D eigenvalue weighted by Crippen LogP contribution is -2.65. The molecular weight excluding hydrogens is 450 g/mol. The largest absolute Gasteiger partial charge is 0.481 e. The number of carbonyl (C=O) groups is 3. The number of hydrogen-bond donors (Lipinski definition) is 1. The van der Waals surface area contributed by atoms with Crippen LogP contribution in [0.3, 0.4) is 0 Å². The summed E-state index contributed by atoms with van der Waals surface area (Å²) in [5, 5.41) is 10.3. The molecule has 6 aliphatic rings. The van der Waals surface area contributed by atoms with Gasteiger partial charge in [-0.05, 0) is 73.7 Å². The number of fused-ring (bicyclic) bond motifs is 1. The predicted octanol–water partition coefficient (Wildman–Crippen LogP) is 5.70. The lowest BCUT2D eigenvalue weighted by molar-refractivity contribution is -0.194. The summed E-state index contributed by atoms with van der Waals surface area (Å²) in [6.07, 6.45) is 7.63. The van der Waals surface area contributed by atoms with Crippen molar-refractivity contribution in [2.45, 2.75) is 72.8 Å². The zero-order chi connectivity index (χ0) is 25.6. The number of benzene rings is 1. The predicted molar refractivity (Wildman–Crippen MR) is 136 cm³/mol. The minimum Gasteiger partial charge on any atom is -0.481 e. The molecule has 1 saturated heterocycles. The summed E-state index contributed by atoms with van der Waals surface area (Å²) in [4.78, 5) is 42.2. The number of likely N-dealkylation sites (tertiary alicyclic amines) is 1. The molecule has 5 heteroatoms. The number of amides is 2. The van der Waals surface area contributed by atoms with Gasteiger partial charge in [0.25, 0.3) is 0 Å². The molecule has 192 valence electrons. The molecule has 2 amide bonds. The molecular formula is C31H39NO4. The zero-order valence-corrected chi connectivity index (χ0v) is 22.0. The molecule has 1 aromatic carbocycles. The van der Waals surface area contributed by atoms with Crippen LogP contribution >= 0.6 is 0 Å². The molecule has 7 rings (SSSR count). The van der Waals surface area contributed by atoms with E-state index >= 15 is 0 Å². The molecule has 1 aliphatic heterocycles. The number of hydrogen-bond acceptors (Lipinski definition) is 3. The molecule has 0 radical (unpaired) electrons. The van der Waals surface area contributed by atoms with Gasteiger partial charge in [-0.2, -0.15) is 0 Å². The van der Waals surface area contributed by atoms with Crippen LogP contribution in [0.4, 0.5) is 0 Å². The molecule has 1 N–H and O–H groups in total. The van der Waals surface area contributed by atoms with Crippen LogP contribution in [0, 0.1) is 51.8 Å². The first-order valence-corrected chi connectivity index (χ1v) is 13.9. The highest BCUT2D eigenvalue weighted by Crippen LogP contribution is 2.74. The molecule has 1 aromatic rings. The molecule has 4 fully saturated rings. The van der Waals surface area contributed by atoms with Crippen LogP contribution in [-0.4, -0.2) is 27.8 Å². The van der Waals surface area contributed by atoms with Crippen molar-refractivity contribution in [1.29, 1.82) is 0 Å². The summed E-state index contributed by atoms with van der Waals surface area (Å²) in [7, 11) is 0. The topological polar surface area (TPSA) is 74.7 Å². The number of aliphatic carboxylic acids is 1. The third-order valence-corrected chi connectivity index (χ3v) is 11.4. The molecule has 0 unspecified atom stereocenters. The van der Waals surface area contributed by atoms with Gasteiger partial charge < -0.3 is 5.11 Å². The molecule has 0 aromatic heterocycles. The first-order valence-electron chi connectivity index (χ1n) is 13.9. The Morgan fingerprint density at radius 2 is 1.78 bits per heavy atom. The maximum atomic E-state index is 14.2. The summed E-state index contributed by atoms with van der Waals surface area (Å²) in [6.45, 7) is 9.05. The molecule has 1 heterocycles. The Labute approximate surface area is 214 Å². The van der Waals surface area contributed by atoms with E-state index in [4.69, 9.17) is 0 Å². The fourth-order valence-electron chi connectivity index (χ4n) is 9.94. The van der Waals surface area contributed by atoms with Crippen LogP contribution in [0.1, 0.15) is 71.8 Å². The molecule has 1 spiro atoms. The Hall–Kier alpha value is -2.43. The summed E-state index contributed by atoms with van der Waals surface area (Å²) in [5.41, 5.74) is 1.14. The maximum Gasteiger partial charge on any atom is 0.309 e. The second-order valence-electron chi connectivity index (χ2n) is 13.2. The molecule has 8 atom stereocenters. The van der Waals surface area contributed by atoms with Gasteiger partial charge in [0.2, 0.25) is 11.8 Å². The van der Waals surface area contributed by atoms with Crippen LogP contribution in [-0.2, 0) is 20.9 Å². The Bertz CT molecular complexity index is 1160. The Kier molecular flexibility index (Phi) is 5.18. The van der Waals surface area contributed by atoms with Gasteiger partial charge in [-0.25, -0.2) is 0 Å². The highest BCUT2D eigenvalue weighted by Gasteiger charge is 2.73. The average molecular weight is 490 g/mol. The average Bonchev–Trinajstić information content (AvgIpc) is 3.11. The second-order valence-corrected chi connectivity index (χ2v) is 13.2. The van der Waals surface area contributed by atoms with E-state index in [1.807, 2.05) is 37.3 Å². The second kappa shape index (κ2) is 7.79. The summed E-state index contributed by atoms with van der Waals surface area (Å²) >= 11 is 0. The van der Waals surface area contributed by atoms with E-state index in [0.717, 1.165) is 44.1 Å². The fourth-order valence-corrected chi connectivity index (χ4v) is 9.94. The van der Waals surface area contributed by atoms with Crippen molar-refractivity contribution < 1.29 is 19.5 Å². The van der Waals surface area contributed by atoms with Crippen molar-refractivity contribution >= 4 is 17.8 Å². The molecule has 2 bridgehead atoms. The van der Waals surface area contributed by atoms with Gasteiger partial charge in [0.1, 0.15) is 0 Å². The van der Waals surface area contributed by atoms with Gasteiger partial charge in [0, 0.05) is 5.41 Å². The van der Waals surface area contributed by atoms with Crippen molar-refractivity contribution in [3.05, 3.63) is 47.5 Å². The molecule has 3 saturated carbocycles. The van der Waals surface area contributed by atoms with Crippen LogP contribution in [0.15, 0.2) is 42.0 Å². The normalized spacial score (nSPS) is 43.2. The van der Waals surface area contributed by atoms with Crippen molar-refractivity contribution in [3.63, 3.8) is 0 Å². The zero-order valence-electron chi connectivity index (χ0n) is 22.0. The fraction of sp³-hybridized carbons (Fsp3) is 0.645. The van der Waals surface area contributed by atoms with Gasteiger partial charge in [0.15, 0.2) is 0 Å². The first kappa shape index (κ1) is 23.9. The number of nitrogens with zero attached hydrogens (tertiary/aromatic N) is 1. The van der Waals surface area contributed by atoms with Crippen molar-refractivity contribution in [2.75, 3.05) is 0 Å². The van der Waals surface area contributed by atoms with E-state index in [0.29, 0.717) is 12.5 Å². The minimum atomic E-state index is -0.718. The Morgan fingerprint density at radius 1 is 1.06 bits per heavy atom. The maximum absolute atomic E-state index is 14.2. The number of allylic oxidation sites excluding steroid dienone is 2. The van der Waals surface area contributed by atoms with E-state index in [2.05, 4.69) is 26.8 Å². The van der Waals surface area contributed by atoms with E-state index in [9.17, 15) is 19.5 Å². The van der Waals surface area contributed by atoms with Crippen LogP contribution in [0.25, 0.3) is 0 Å². The van der Waals surface area contributed by atoms with Crippen molar-refractivity contribution in [3.8, 4) is 0 Å². The van der Waals surface area contributed by atoms with Crippen molar-refractivity contribution in [1.82, 2.24) is 4.90 Å². The van der Waals surface area contributed by atoms with E-state index in [1.165, 1.54) is 5.57 Å². The Morgan fingerprint density at radius 3 is 2.44 bits per heavy atom. The van der Waals surface area contributed by atoms with Gasteiger partial charge >= 0.3 is 5.97 Å². The number of carbonyl (C=O) groups excluding carboxylic acids is 2. The van der Waals surface area contributed by atoms with E-state index < -0.39 is 11.4 Å². The summed E-state index contributed by atoms with van der Waals surface area (Å²) in [5.74, 6) is -0.486. The number of rotatable bonds is 4.